The van der Waals surface area contributed by atoms with Crippen LogP contribution in [0.5, 0.6) is 0 Å². The minimum Gasteiger partial charge on any atom is -0.324 e. The molecule has 26 heavy (non-hydrogen) atoms. The third-order valence-corrected chi connectivity index (χ3v) is 4.02. The van der Waals surface area contributed by atoms with E-state index in [4.69, 9.17) is 11.6 Å². The molecule has 4 nitrogen and oxygen atoms in total. The van der Waals surface area contributed by atoms with Gasteiger partial charge in [0.2, 0.25) is 5.91 Å². The van der Waals surface area contributed by atoms with E-state index in [-0.39, 0.29) is 15.9 Å². The Kier molecular flexibility index (Phi) is 6.02. The van der Waals surface area contributed by atoms with Crippen LogP contribution in [0.15, 0.2) is 35.6 Å². The number of rotatable bonds is 4. The number of amides is 1. The number of hydrogen-bond acceptors (Lipinski definition) is 4. The zero-order valence-electron chi connectivity index (χ0n) is 12.5. The monoisotopic (exact) mass is 415 g/mol. The molecule has 140 valence electrons. The van der Waals surface area contributed by atoms with Crippen molar-refractivity contribution < 1.29 is 31.1 Å². The molecule has 0 fully saturated rings. The SMILES string of the molecule is O=C(CSc1nccc(C(F)(F)F)n1)Nc1cc(C(F)(F)F)ccc1Cl. The number of carbonyl (C=O) groups is 1. The van der Waals surface area contributed by atoms with Crippen LogP contribution in [0.1, 0.15) is 11.3 Å². The first-order chi connectivity index (χ1) is 12.0. The number of alkyl halides is 6. The molecule has 0 bridgehead atoms. The van der Waals surface area contributed by atoms with Gasteiger partial charge in [0, 0.05) is 6.20 Å². The van der Waals surface area contributed by atoms with E-state index in [1.165, 1.54) is 0 Å². The summed E-state index contributed by atoms with van der Waals surface area (Å²) in [5.41, 5.74) is -2.44. The lowest BCUT2D eigenvalue weighted by Gasteiger charge is -2.11. The van der Waals surface area contributed by atoms with Gasteiger partial charge in [-0.05, 0) is 24.3 Å². The average Bonchev–Trinajstić information content (AvgIpc) is 2.53. The summed E-state index contributed by atoms with van der Waals surface area (Å²) in [5.74, 6) is -1.20. The van der Waals surface area contributed by atoms with E-state index in [1.54, 1.807) is 0 Å². The highest BCUT2D eigenvalue weighted by Crippen LogP contribution is 2.34. The van der Waals surface area contributed by atoms with E-state index < -0.39 is 35.3 Å². The molecule has 1 heterocycles. The number of benzene rings is 1. The number of aromatic nitrogens is 2. The van der Waals surface area contributed by atoms with E-state index in [9.17, 15) is 31.1 Å². The fraction of sp³-hybridized carbons (Fsp3) is 0.214. The molecule has 0 atom stereocenters. The van der Waals surface area contributed by atoms with E-state index in [1.807, 2.05) is 0 Å². The molecule has 1 N–H and O–H groups in total. The number of thioether (sulfide) groups is 1. The summed E-state index contributed by atoms with van der Waals surface area (Å²) in [6, 6.07) is 3.06. The van der Waals surface area contributed by atoms with Gasteiger partial charge < -0.3 is 5.32 Å². The summed E-state index contributed by atoms with van der Waals surface area (Å²) in [6.07, 6.45) is -8.39. The Balaban J connectivity index is 2.04. The van der Waals surface area contributed by atoms with Gasteiger partial charge in [0.15, 0.2) is 5.16 Å². The van der Waals surface area contributed by atoms with Gasteiger partial charge in [0.1, 0.15) is 5.69 Å². The van der Waals surface area contributed by atoms with Crippen LogP contribution in [0.3, 0.4) is 0 Å². The van der Waals surface area contributed by atoms with Gasteiger partial charge in [-0.2, -0.15) is 26.3 Å². The molecule has 2 aromatic rings. The molecule has 0 saturated heterocycles. The summed E-state index contributed by atoms with van der Waals surface area (Å²) in [4.78, 5) is 18.7. The maximum atomic E-state index is 12.7. The fourth-order valence-corrected chi connectivity index (χ4v) is 2.48. The normalized spacial score (nSPS) is 12.1. The second-order valence-corrected chi connectivity index (χ2v) is 6.10. The molecule has 1 aromatic heterocycles. The molecule has 1 aromatic carbocycles. The van der Waals surface area contributed by atoms with Crippen molar-refractivity contribution in [2.24, 2.45) is 0 Å². The van der Waals surface area contributed by atoms with Crippen LogP contribution in [0.2, 0.25) is 5.02 Å². The second kappa shape index (κ2) is 7.70. The molecule has 0 spiro atoms. The minimum atomic E-state index is -4.66. The average molecular weight is 416 g/mol. The molecular formula is C14H8ClF6N3OS. The number of nitrogens with one attached hydrogen (secondary N) is 1. The highest BCUT2D eigenvalue weighted by Gasteiger charge is 2.33. The van der Waals surface area contributed by atoms with Crippen LogP contribution in [-0.2, 0) is 17.1 Å². The highest BCUT2D eigenvalue weighted by molar-refractivity contribution is 7.99. The Bertz CT molecular complexity index is 812. The third-order valence-electron chi connectivity index (χ3n) is 2.82. The van der Waals surface area contributed by atoms with Gasteiger partial charge in [-0.15, -0.1) is 0 Å². The predicted octanol–water partition coefficient (Wildman–Crippen LogP) is 4.90. The lowest BCUT2D eigenvalue weighted by Crippen LogP contribution is -2.16. The van der Waals surface area contributed by atoms with Crippen LogP contribution in [0, 0.1) is 0 Å². The zero-order chi connectivity index (χ0) is 19.5. The number of carbonyl (C=O) groups excluding carboxylic acids is 1. The molecule has 12 heteroatoms. The molecule has 0 aliphatic carbocycles. The van der Waals surface area contributed by atoms with E-state index in [2.05, 4.69) is 15.3 Å². The van der Waals surface area contributed by atoms with Gasteiger partial charge in [-0.25, -0.2) is 9.97 Å². The van der Waals surface area contributed by atoms with Gasteiger partial charge in [-0.3, -0.25) is 4.79 Å². The van der Waals surface area contributed by atoms with Crippen LogP contribution in [-0.4, -0.2) is 21.6 Å². The smallest absolute Gasteiger partial charge is 0.324 e. The fourth-order valence-electron chi connectivity index (χ4n) is 1.68. The highest BCUT2D eigenvalue weighted by atomic mass is 35.5. The molecule has 2 rings (SSSR count). The van der Waals surface area contributed by atoms with Crippen LogP contribution < -0.4 is 5.32 Å². The van der Waals surface area contributed by atoms with Gasteiger partial charge in [0.25, 0.3) is 0 Å². The van der Waals surface area contributed by atoms with E-state index >= 15 is 0 Å². The Morgan fingerprint density at radius 2 is 1.81 bits per heavy atom. The van der Waals surface area contributed by atoms with Crippen molar-refractivity contribution in [2.45, 2.75) is 17.5 Å². The predicted molar refractivity (Wildman–Crippen MR) is 82.8 cm³/mol. The van der Waals surface area contributed by atoms with Gasteiger partial charge >= 0.3 is 12.4 Å². The first-order valence-electron chi connectivity index (χ1n) is 6.66. The number of halogens is 7. The third kappa shape index (κ3) is 5.49. The van der Waals surface area contributed by atoms with Crippen LogP contribution in [0.4, 0.5) is 32.0 Å². The lowest BCUT2D eigenvalue weighted by atomic mass is 10.2. The molecular weight excluding hydrogens is 408 g/mol. The van der Waals surface area contributed by atoms with E-state index in [0.29, 0.717) is 23.9 Å². The van der Waals surface area contributed by atoms with Crippen molar-refractivity contribution in [2.75, 3.05) is 11.1 Å². The largest absolute Gasteiger partial charge is 0.433 e. The quantitative estimate of drug-likeness (QED) is 0.438. The van der Waals surface area contributed by atoms with Crippen LogP contribution in [0.25, 0.3) is 0 Å². The zero-order valence-corrected chi connectivity index (χ0v) is 14.0. The summed E-state index contributed by atoms with van der Waals surface area (Å²) < 4.78 is 75.7. The van der Waals surface area contributed by atoms with Gasteiger partial charge in [-0.1, -0.05) is 23.4 Å². The van der Waals surface area contributed by atoms with Crippen molar-refractivity contribution in [3.8, 4) is 0 Å². The molecule has 0 unspecified atom stereocenters. The summed E-state index contributed by atoms with van der Waals surface area (Å²) in [5, 5.41) is 1.75. The molecule has 0 aliphatic heterocycles. The molecule has 1 amide bonds. The number of anilines is 1. The van der Waals surface area contributed by atoms with Gasteiger partial charge in [0.05, 0.1) is 22.0 Å². The topological polar surface area (TPSA) is 54.9 Å². The first-order valence-corrected chi connectivity index (χ1v) is 8.03. The second-order valence-electron chi connectivity index (χ2n) is 4.75. The molecule has 0 radical (unpaired) electrons. The summed E-state index contributed by atoms with van der Waals surface area (Å²) >= 11 is 6.33. The van der Waals surface area contributed by atoms with Crippen molar-refractivity contribution >= 4 is 35.0 Å². The molecule has 0 saturated carbocycles. The number of nitrogens with zero attached hydrogens (tertiary/aromatic N) is 2. The Labute approximate surface area is 152 Å². The first kappa shape index (κ1) is 20.3. The Morgan fingerprint density at radius 3 is 2.42 bits per heavy atom. The standard InChI is InChI=1S/C14H8ClF6N3OS/c15-8-2-1-7(13(16,17)18)5-9(8)23-11(25)6-26-12-22-4-3-10(24-12)14(19,20)21/h1-5H,6H2,(H,23,25). The Hall–Kier alpha value is -2.01. The maximum absolute atomic E-state index is 12.7. The van der Waals surface area contributed by atoms with Crippen molar-refractivity contribution in [3.05, 3.63) is 46.7 Å². The van der Waals surface area contributed by atoms with Crippen molar-refractivity contribution in [3.63, 3.8) is 0 Å². The van der Waals surface area contributed by atoms with Crippen molar-refractivity contribution in [1.29, 1.82) is 0 Å². The number of hydrogen-bond donors (Lipinski definition) is 1. The van der Waals surface area contributed by atoms with Crippen molar-refractivity contribution in [1.82, 2.24) is 9.97 Å². The van der Waals surface area contributed by atoms with Crippen LogP contribution >= 0.6 is 23.4 Å². The molecule has 0 aliphatic rings. The lowest BCUT2D eigenvalue weighted by molar-refractivity contribution is -0.141. The summed E-state index contributed by atoms with van der Waals surface area (Å²) in [7, 11) is 0. The Morgan fingerprint density at radius 1 is 1.12 bits per heavy atom. The van der Waals surface area contributed by atoms with E-state index in [0.717, 1.165) is 18.3 Å². The summed E-state index contributed by atoms with van der Waals surface area (Å²) in [6.45, 7) is 0. The maximum Gasteiger partial charge on any atom is 0.433 e. The minimum absolute atomic E-state index is 0.119.